The minimum atomic E-state index is -0.327. The Morgan fingerprint density at radius 3 is 2.72 bits per heavy atom. The molecule has 1 aliphatic rings. The Balaban J connectivity index is 1.88. The Morgan fingerprint density at radius 2 is 2.06 bits per heavy atom. The molecule has 1 heterocycles. The van der Waals surface area contributed by atoms with Gasteiger partial charge in [-0.15, -0.1) is 0 Å². The molecule has 1 aliphatic heterocycles. The van der Waals surface area contributed by atoms with Crippen molar-refractivity contribution in [2.24, 2.45) is 0 Å². The van der Waals surface area contributed by atoms with Gasteiger partial charge in [0.15, 0.2) is 0 Å². The van der Waals surface area contributed by atoms with Gasteiger partial charge in [0.1, 0.15) is 12.6 Å². The highest BCUT2D eigenvalue weighted by atomic mass is 35.5. The number of benzene rings is 1. The number of carbonyl (C=O) groups is 1. The van der Waals surface area contributed by atoms with E-state index in [0.29, 0.717) is 10.6 Å². The molecule has 0 bridgehead atoms. The second kappa shape index (κ2) is 6.21. The van der Waals surface area contributed by atoms with Crippen LogP contribution in [0.25, 0.3) is 0 Å². The van der Waals surface area contributed by atoms with Crippen LogP contribution in [-0.4, -0.2) is 31.7 Å². The molecule has 1 N–H and O–H groups in total. The summed E-state index contributed by atoms with van der Waals surface area (Å²) in [4.78, 5) is 13.5. The molecule has 0 saturated carbocycles. The van der Waals surface area contributed by atoms with Gasteiger partial charge in [-0.3, -0.25) is 0 Å². The second-order valence-electron chi connectivity index (χ2n) is 4.86. The fourth-order valence-corrected chi connectivity index (χ4v) is 2.61. The normalized spacial score (nSPS) is 17.7. The number of nitrogens with one attached hydrogen (secondary N) is 1. The molecule has 4 heteroatoms. The summed E-state index contributed by atoms with van der Waals surface area (Å²) < 4.78 is 5.43. The highest BCUT2D eigenvalue weighted by molar-refractivity contribution is 6.33. The molecule has 0 aromatic heterocycles. The van der Waals surface area contributed by atoms with Crippen LogP contribution in [0.4, 0.5) is 0 Å². The molecular formula is C14H19ClNO2+. The topological polar surface area (TPSA) is 30.7 Å². The summed E-state index contributed by atoms with van der Waals surface area (Å²) in [6.07, 6.45) is 2.49. The first-order chi connectivity index (χ1) is 8.66. The highest BCUT2D eigenvalue weighted by Crippen LogP contribution is 2.16. The third-order valence-electron chi connectivity index (χ3n) is 3.29. The summed E-state index contributed by atoms with van der Waals surface area (Å²) >= 11 is 5.97. The van der Waals surface area contributed by atoms with Gasteiger partial charge in [-0.25, -0.2) is 4.79 Å². The van der Waals surface area contributed by atoms with Gasteiger partial charge in [0, 0.05) is 12.8 Å². The SMILES string of the molecule is C[C@H](C[NH+]1CCCC1)OC(=O)c1ccccc1Cl. The number of carbonyl (C=O) groups excluding carboxylic acids is 1. The van der Waals surface area contributed by atoms with Crippen molar-refractivity contribution in [2.45, 2.75) is 25.9 Å². The number of esters is 1. The molecule has 1 atom stereocenters. The Hall–Kier alpha value is -1.06. The Bertz CT molecular complexity index is 416. The summed E-state index contributed by atoms with van der Waals surface area (Å²) in [5.41, 5.74) is 0.447. The van der Waals surface area contributed by atoms with Crippen LogP contribution in [-0.2, 0) is 4.74 Å². The number of quaternary nitrogens is 1. The van der Waals surface area contributed by atoms with E-state index in [9.17, 15) is 4.79 Å². The largest absolute Gasteiger partial charge is 0.453 e. The molecule has 1 aromatic carbocycles. The van der Waals surface area contributed by atoms with Crippen LogP contribution < -0.4 is 4.90 Å². The van der Waals surface area contributed by atoms with Gasteiger partial charge in [-0.05, 0) is 19.1 Å². The van der Waals surface area contributed by atoms with Gasteiger partial charge in [0.2, 0.25) is 0 Å². The molecule has 3 nitrogen and oxygen atoms in total. The van der Waals surface area contributed by atoms with Crippen LogP contribution in [0.1, 0.15) is 30.1 Å². The fourth-order valence-electron chi connectivity index (χ4n) is 2.40. The van der Waals surface area contributed by atoms with E-state index in [1.807, 2.05) is 6.92 Å². The molecule has 98 valence electrons. The molecule has 0 aliphatic carbocycles. The number of ether oxygens (including phenoxy) is 1. The summed E-state index contributed by atoms with van der Waals surface area (Å²) in [6, 6.07) is 6.99. The van der Waals surface area contributed by atoms with Gasteiger partial charge in [0.25, 0.3) is 0 Å². The Kier molecular flexibility index (Phi) is 4.61. The van der Waals surface area contributed by atoms with Crippen LogP contribution in [0, 0.1) is 0 Å². The van der Waals surface area contributed by atoms with E-state index in [1.54, 1.807) is 24.3 Å². The van der Waals surface area contributed by atoms with E-state index in [0.717, 1.165) is 6.54 Å². The molecule has 0 spiro atoms. The van der Waals surface area contributed by atoms with Crippen LogP contribution in [0.15, 0.2) is 24.3 Å². The molecule has 0 unspecified atom stereocenters. The quantitative estimate of drug-likeness (QED) is 0.841. The minimum Gasteiger partial charge on any atom is -0.453 e. The van der Waals surface area contributed by atoms with Crippen molar-refractivity contribution < 1.29 is 14.4 Å². The standard InChI is InChI=1S/C14H18ClNO2/c1-11(10-16-8-4-5-9-16)18-14(17)12-6-2-3-7-13(12)15/h2-3,6-7,11H,4-5,8-10H2,1H3/p+1/t11-/m1/s1. The zero-order valence-electron chi connectivity index (χ0n) is 10.6. The fraction of sp³-hybridized carbons (Fsp3) is 0.500. The highest BCUT2D eigenvalue weighted by Gasteiger charge is 2.21. The molecule has 2 rings (SSSR count). The van der Waals surface area contributed by atoms with Crippen molar-refractivity contribution in [3.05, 3.63) is 34.9 Å². The lowest BCUT2D eigenvalue weighted by atomic mass is 10.2. The van der Waals surface area contributed by atoms with Crippen molar-refractivity contribution >= 4 is 17.6 Å². The van der Waals surface area contributed by atoms with Crippen molar-refractivity contribution in [3.63, 3.8) is 0 Å². The van der Waals surface area contributed by atoms with Crippen LogP contribution in [0.3, 0.4) is 0 Å². The predicted octanol–water partition coefficient (Wildman–Crippen LogP) is 1.56. The third kappa shape index (κ3) is 3.47. The van der Waals surface area contributed by atoms with E-state index < -0.39 is 0 Å². The summed E-state index contributed by atoms with van der Waals surface area (Å²) in [5, 5.41) is 0.447. The van der Waals surface area contributed by atoms with E-state index in [4.69, 9.17) is 16.3 Å². The molecule has 1 aromatic rings. The van der Waals surface area contributed by atoms with Crippen LogP contribution in [0.5, 0.6) is 0 Å². The molecule has 1 fully saturated rings. The number of halogens is 1. The Labute approximate surface area is 113 Å². The van der Waals surface area contributed by atoms with Gasteiger partial charge in [0.05, 0.1) is 23.7 Å². The molecule has 18 heavy (non-hydrogen) atoms. The van der Waals surface area contributed by atoms with Gasteiger partial charge in [-0.2, -0.15) is 0 Å². The number of rotatable bonds is 4. The average molecular weight is 269 g/mol. The molecule has 0 radical (unpaired) electrons. The van der Waals surface area contributed by atoms with Crippen molar-refractivity contribution in [3.8, 4) is 0 Å². The number of hydrogen-bond acceptors (Lipinski definition) is 2. The molecule has 1 saturated heterocycles. The maximum atomic E-state index is 11.9. The summed E-state index contributed by atoms with van der Waals surface area (Å²) in [7, 11) is 0. The van der Waals surface area contributed by atoms with Crippen LogP contribution >= 0.6 is 11.6 Å². The predicted molar refractivity (Wildman–Crippen MR) is 71.1 cm³/mol. The molecule has 0 amide bonds. The maximum absolute atomic E-state index is 11.9. The summed E-state index contributed by atoms with van der Waals surface area (Å²) in [5.74, 6) is -0.327. The first-order valence-electron chi connectivity index (χ1n) is 6.46. The van der Waals surface area contributed by atoms with E-state index in [-0.39, 0.29) is 12.1 Å². The number of likely N-dealkylation sites (tertiary alicyclic amines) is 1. The zero-order chi connectivity index (χ0) is 13.0. The summed E-state index contributed by atoms with van der Waals surface area (Å²) in [6.45, 7) is 5.21. The monoisotopic (exact) mass is 268 g/mol. The lowest BCUT2D eigenvalue weighted by Gasteiger charge is -2.18. The lowest BCUT2D eigenvalue weighted by molar-refractivity contribution is -0.890. The zero-order valence-corrected chi connectivity index (χ0v) is 11.4. The smallest absolute Gasteiger partial charge is 0.340 e. The third-order valence-corrected chi connectivity index (χ3v) is 3.62. The first kappa shape index (κ1) is 13.4. The van der Waals surface area contributed by atoms with Gasteiger partial charge < -0.3 is 9.64 Å². The van der Waals surface area contributed by atoms with Crippen molar-refractivity contribution in [1.82, 2.24) is 0 Å². The lowest BCUT2D eigenvalue weighted by Crippen LogP contribution is -3.11. The Morgan fingerprint density at radius 1 is 1.39 bits per heavy atom. The van der Waals surface area contributed by atoms with E-state index in [2.05, 4.69) is 0 Å². The minimum absolute atomic E-state index is 0.0677. The average Bonchev–Trinajstić information content (AvgIpc) is 2.82. The first-order valence-corrected chi connectivity index (χ1v) is 6.83. The second-order valence-corrected chi connectivity index (χ2v) is 5.26. The van der Waals surface area contributed by atoms with Crippen molar-refractivity contribution in [1.29, 1.82) is 0 Å². The maximum Gasteiger partial charge on any atom is 0.340 e. The van der Waals surface area contributed by atoms with Gasteiger partial charge >= 0.3 is 5.97 Å². The van der Waals surface area contributed by atoms with Crippen LogP contribution in [0.2, 0.25) is 5.02 Å². The van der Waals surface area contributed by atoms with Gasteiger partial charge in [-0.1, -0.05) is 23.7 Å². The van der Waals surface area contributed by atoms with E-state index >= 15 is 0 Å². The number of hydrogen-bond donors (Lipinski definition) is 1. The van der Waals surface area contributed by atoms with E-state index in [1.165, 1.54) is 30.8 Å². The van der Waals surface area contributed by atoms with Crippen molar-refractivity contribution in [2.75, 3.05) is 19.6 Å². The molecular weight excluding hydrogens is 250 g/mol.